The second-order valence-electron chi connectivity index (χ2n) is 4.79. The summed E-state index contributed by atoms with van der Waals surface area (Å²) in [6.07, 6.45) is 2.03. The highest BCUT2D eigenvalue weighted by Crippen LogP contribution is 2.17. The van der Waals surface area contributed by atoms with Crippen LogP contribution in [0.3, 0.4) is 0 Å². The third-order valence-electron chi connectivity index (χ3n) is 3.03. The van der Waals surface area contributed by atoms with Gasteiger partial charge in [-0.25, -0.2) is 4.98 Å². The summed E-state index contributed by atoms with van der Waals surface area (Å²) in [5, 5.41) is 11.9. The fraction of sp³-hybridized carbons (Fsp3) is 0.200. The number of hydrogen-bond acceptors (Lipinski definition) is 4. The lowest BCUT2D eigenvalue weighted by Crippen LogP contribution is -2.37. The molecule has 21 heavy (non-hydrogen) atoms. The number of carbonyl (C=O) groups excluding carboxylic acids is 1. The fourth-order valence-electron chi connectivity index (χ4n) is 1.81. The number of rotatable bonds is 4. The molecule has 0 saturated heterocycles. The van der Waals surface area contributed by atoms with E-state index in [0.717, 1.165) is 15.6 Å². The molecule has 0 saturated carbocycles. The molecular formula is C15H16BrN3O2. The number of aromatic nitrogens is 1. The zero-order chi connectivity index (χ0) is 15.4. The molecule has 0 aliphatic rings. The van der Waals surface area contributed by atoms with Crippen LogP contribution in [-0.2, 0) is 11.2 Å². The average Bonchev–Trinajstić information content (AvgIpc) is 2.45. The first-order valence-electron chi connectivity index (χ1n) is 6.42. The lowest BCUT2D eigenvalue weighted by molar-refractivity contribution is -0.117. The molecule has 0 fully saturated rings. The van der Waals surface area contributed by atoms with Crippen LogP contribution >= 0.6 is 15.9 Å². The number of aryl methyl sites for hydroxylation is 1. The van der Waals surface area contributed by atoms with Gasteiger partial charge in [0.05, 0.1) is 6.04 Å². The number of hydrogen-bond donors (Lipinski definition) is 3. The molecule has 2 rings (SSSR count). The topological polar surface area (TPSA) is 88.2 Å². The van der Waals surface area contributed by atoms with E-state index in [1.165, 1.54) is 0 Å². The van der Waals surface area contributed by atoms with Gasteiger partial charge < -0.3 is 16.2 Å². The van der Waals surface area contributed by atoms with E-state index >= 15 is 0 Å². The molecule has 1 atom stereocenters. The van der Waals surface area contributed by atoms with Crippen molar-refractivity contribution in [3.63, 3.8) is 0 Å². The van der Waals surface area contributed by atoms with Crippen molar-refractivity contribution in [1.29, 1.82) is 0 Å². The monoisotopic (exact) mass is 349 g/mol. The highest BCUT2D eigenvalue weighted by molar-refractivity contribution is 9.10. The van der Waals surface area contributed by atoms with Crippen LogP contribution in [-0.4, -0.2) is 22.0 Å². The largest absolute Gasteiger partial charge is 0.508 e. The highest BCUT2D eigenvalue weighted by atomic mass is 79.9. The Hall–Kier alpha value is -1.92. The SMILES string of the molecule is Cc1cc(NC(=O)[C@H](N)Cc2ccc(O)cc2)ncc1Br. The number of phenolic OH excluding ortho intramolecular Hbond substituents is 1. The van der Waals surface area contributed by atoms with Crippen LogP contribution in [0.2, 0.25) is 0 Å². The summed E-state index contributed by atoms with van der Waals surface area (Å²) in [6, 6.07) is 7.71. The molecule has 0 radical (unpaired) electrons. The van der Waals surface area contributed by atoms with Gasteiger partial charge in [0, 0.05) is 10.7 Å². The van der Waals surface area contributed by atoms with Gasteiger partial charge in [-0.15, -0.1) is 0 Å². The van der Waals surface area contributed by atoms with Crippen molar-refractivity contribution in [1.82, 2.24) is 4.98 Å². The molecule has 1 aromatic carbocycles. The number of nitrogens with zero attached hydrogens (tertiary/aromatic N) is 1. The Bertz CT molecular complexity index is 644. The van der Waals surface area contributed by atoms with Crippen molar-refractivity contribution in [3.8, 4) is 5.75 Å². The molecule has 4 N–H and O–H groups in total. The third-order valence-corrected chi connectivity index (χ3v) is 3.86. The van der Waals surface area contributed by atoms with Crippen LogP contribution in [0, 0.1) is 6.92 Å². The molecule has 0 aliphatic carbocycles. The van der Waals surface area contributed by atoms with Gasteiger partial charge in [-0.05, 0) is 58.6 Å². The highest BCUT2D eigenvalue weighted by Gasteiger charge is 2.15. The summed E-state index contributed by atoms with van der Waals surface area (Å²) in [6.45, 7) is 1.91. The number of nitrogens with one attached hydrogen (secondary N) is 1. The van der Waals surface area contributed by atoms with Crippen LogP contribution in [0.1, 0.15) is 11.1 Å². The maximum absolute atomic E-state index is 12.0. The zero-order valence-corrected chi connectivity index (χ0v) is 13.1. The van der Waals surface area contributed by atoms with Crippen molar-refractivity contribution >= 4 is 27.7 Å². The average molecular weight is 350 g/mol. The van der Waals surface area contributed by atoms with Gasteiger partial charge >= 0.3 is 0 Å². The number of nitrogens with two attached hydrogens (primary N) is 1. The molecule has 1 heterocycles. The number of amides is 1. The smallest absolute Gasteiger partial charge is 0.242 e. The summed E-state index contributed by atoms with van der Waals surface area (Å²) in [7, 11) is 0. The molecule has 1 aromatic heterocycles. The standard InChI is InChI=1S/C15H16BrN3O2/c1-9-6-14(18-8-12(9)16)19-15(21)13(17)7-10-2-4-11(20)5-3-10/h2-6,8,13,20H,7,17H2,1H3,(H,18,19,21)/t13-/m1/s1. The van der Waals surface area contributed by atoms with E-state index in [9.17, 15) is 9.90 Å². The van der Waals surface area contributed by atoms with Crippen molar-refractivity contribution in [2.24, 2.45) is 5.73 Å². The quantitative estimate of drug-likeness (QED) is 0.790. The van der Waals surface area contributed by atoms with Gasteiger partial charge in [0.25, 0.3) is 0 Å². The first kappa shape index (κ1) is 15.5. The van der Waals surface area contributed by atoms with Crippen molar-refractivity contribution in [2.75, 3.05) is 5.32 Å². The Labute approximate surface area is 131 Å². The Morgan fingerprint density at radius 2 is 2.10 bits per heavy atom. The van der Waals surface area contributed by atoms with E-state index in [-0.39, 0.29) is 11.7 Å². The number of pyridine rings is 1. The molecule has 0 spiro atoms. The molecule has 110 valence electrons. The van der Waals surface area contributed by atoms with Crippen LogP contribution in [0.4, 0.5) is 5.82 Å². The fourth-order valence-corrected chi connectivity index (χ4v) is 2.02. The van der Waals surface area contributed by atoms with E-state index in [1.54, 1.807) is 36.5 Å². The van der Waals surface area contributed by atoms with Gasteiger partial charge in [-0.2, -0.15) is 0 Å². The number of aromatic hydroxyl groups is 1. The summed E-state index contributed by atoms with van der Waals surface area (Å²) < 4.78 is 0.883. The predicted molar refractivity (Wildman–Crippen MR) is 85.1 cm³/mol. The molecule has 0 aliphatic heterocycles. The van der Waals surface area contributed by atoms with Crippen molar-refractivity contribution in [3.05, 3.63) is 52.1 Å². The van der Waals surface area contributed by atoms with Crippen molar-refractivity contribution in [2.45, 2.75) is 19.4 Å². The van der Waals surface area contributed by atoms with E-state index in [4.69, 9.17) is 5.73 Å². The number of anilines is 1. The number of carbonyl (C=O) groups is 1. The van der Waals surface area contributed by atoms with Crippen LogP contribution in [0.15, 0.2) is 41.0 Å². The Balaban J connectivity index is 1.98. The van der Waals surface area contributed by atoms with Crippen molar-refractivity contribution < 1.29 is 9.90 Å². The Morgan fingerprint density at radius 3 is 2.71 bits per heavy atom. The summed E-state index contributed by atoms with van der Waals surface area (Å²) in [5.74, 6) is 0.366. The molecular weight excluding hydrogens is 334 g/mol. The summed E-state index contributed by atoms with van der Waals surface area (Å²) in [5.41, 5.74) is 7.76. The molecule has 0 unspecified atom stereocenters. The Morgan fingerprint density at radius 1 is 1.43 bits per heavy atom. The number of halogens is 1. The second kappa shape index (κ2) is 6.69. The summed E-state index contributed by atoms with van der Waals surface area (Å²) >= 11 is 3.35. The molecule has 0 bridgehead atoms. The van der Waals surface area contributed by atoms with Crippen LogP contribution < -0.4 is 11.1 Å². The first-order chi connectivity index (χ1) is 9.95. The normalized spacial score (nSPS) is 12.0. The van der Waals surface area contributed by atoms with E-state index in [0.29, 0.717) is 12.2 Å². The number of phenols is 1. The second-order valence-corrected chi connectivity index (χ2v) is 5.64. The van der Waals surface area contributed by atoms with E-state index in [2.05, 4.69) is 26.2 Å². The van der Waals surface area contributed by atoms with E-state index in [1.807, 2.05) is 6.92 Å². The molecule has 2 aromatic rings. The zero-order valence-electron chi connectivity index (χ0n) is 11.5. The van der Waals surface area contributed by atoms with Crippen LogP contribution in [0.5, 0.6) is 5.75 Å². The van der Waals surface area contributed by atoms with Gasteiger partial charge in [-0.3, -0.25) is 4.79 Å². The predicted octanol–water partition coefficient (Wildman–Crippen LogP) is 2.37. The maximum atomic E-state index is 12.0. The summed E-state index contributed by atoms with van der Waals surface area (Å²) in [4.78, 5) is 16.2. The first-order valence-corrected chi connectivity index (χ1v) is 7.21. The van der Waals surface area contributed by atoms with Gasteiger partial charge in [0.15, 0.2) is 0 Å². The molecule has 6 heteroatoms. The minimum Gasteiger partial charge on any atom is -0.508 e. The lowest BCUT2D eigenvalue weighted by Gasteiger charge is -2.12. The lowest BCUT2D eigenvalue weighted by atomic mass is 10.1. The van der Waals surface area contributed by atoms with Gasteiger partial charge in [0.1, 0.15) is 11.6 Å². The Kier molecular flexibility index (Phi) is 4.93. The van der Waals surface area contributed by atoms with E-state index < -0.39 is 6.04 Å². The minimum absolute atomic E-state index is 0.186. The minimum atomic E-state index is -0.680. The molecule has 5 nitrogen and oxygen atoms in total. The van der Waals surface area contributed by atoms with Gasteiger partial charge in [-0.1, -0.05) is 12.1 Å². The molecule has 1 amide bonds. The van der Waals surface area contributed by atoms with Gasteiger partial charge in [0.2, 0.25) is 5.91 Å². The number of benzene rings is 1. The third kappa shape index (κ3) is 4.27. The van der Waals surface area contributed by atoms with Crippen LogP contribution in [0.25, 0.3) is 0 Å². The maximum Gasteiger partial charge on any atom is 0.242 e.